The van der Waals surface area contributed by atoms with E-state index in [1.165, 1.54) is 0 Å². The zero-order valence-electron chi connectivity index (χ0n) is 17.1. The minimum atomic E-state index is -0.546. The number of aromatic amines is 1. The van der Waals surface area contributed by atoms with E-state index in [9.17, 15) is 9.59 Å². The number of carbonyl (C=O) groups excluding carboxylic acids is 1. The van der Waals surface area contributed by atoms with Crippen molar-refractivity contribution in [2.45, 2.75) is 0 Å². The monoisotopic (exact) mass is 456 g/mol. The molecule has 5 rings (SSSR count). The van der Waals surface area contributed by atoms with Gasteiger partial charge in [-0.25, -0.2) is 9.79 Å². The van der Waals surface area contributed by atoms with E-state index in [-0.39, 0.29) is 11.9 Å². The number of amides is 1. The number of carbonyl (C=O) groups is 1. The summed E-state index contributed by atoms with van der Waals surface area (Å²) in [5.41, 5.74) is 2.55. The van der Waals surface area contributed by atoms with Gasteiger partial charge in [-0.1, -0.05) is 48.0 Å². The van der Waals surface area contributed by atoms with E-state index in [0.29, 0.717) is 27.4 Å². The molecule has 33 heavy (non-hydrogen) atoms. The summed E-state index contributed by atoms with van der Waals surface area (Å²) >= 11 is 6.03. The minimum Gasteiger partial charge on any atom is -0.408 e. The van der Waals surface area contributed by atoms with Gasteiger partial charge in [0, 0.05) is 22.3 Å². The Bertz CT molecular complexity index is 1590. The van der Waals surface area contributed by atoms with Gasteiger partial charge < -0.3 is 9.73 Å². The molecule has 1 amide bonds. The molecule has 7 nitrogen and oxygen atoms in total. The molecule has 4 aromatic carbocycles. The topological polar surface area (TPSA) is 99.5 Å². The molecule has 162 valence electrons. The Morgan fingerprint density at radius 2 is 1.76 bits per heavy atom. The summed E-state index contributed by atoms with van der Waals surface area (Å²) in [6, 6.07) is 25.4. The third kappa shape index (κ3) is 4.63. The van der Waals surface area contributed by atoms with E-state index in [2.05, 4.69) is 20.6 Å². The van der Waals surface area contributed by atoms with Crippen LogP contribution >= 0.6 is 11.6 Å². The lowest BCUT2D eigenvalue weighted by Gasteiger charge is -2.13. The predicted molar refractivity (Wildman–Crippen MR) is 130 cm³/mol. The summed E-state index contributed by atoms with van der Waals surface area (Å²) < 4.78 is 5.12. The van der Waals surface area contributed by atoms with Gasteiger partial charge in [-0.15, -0.1) is 0 Å². The van der Waals surface area contributed by atoms with E-state index in [1.54, 1.807) is 42.5 Å². The SMILES string of the molecule is O=C(NC(=Nc1ccc2[nH]c(=O)oc2c1)Nc1ccc2ccccc2c1)c1cccc(Cl)c1. The molecule has 0 bridgehead atoms. The Morgan fingerprint density at radius 3 is 2.61 bits per heavy atom. The van der Waals surface area contributed by atoms with E-state index < -0.39 is 5.76 Å². The summed E-state index contributed by atoms with van der Waals surface area (Å²) in [4.78, 5) is 31.5. The fourth-order valence-electron chi connectivity index (χ4n) is 3.43. The van der Waals surface area contributed by atoms with Gasteiger partial charge in [-0.05, 0) is 53.2 Å². The zero-order valence-corrected chi connectivity index (χ0v) is 17.9. The van der Waals surface area contributed by atoms with E-state index in [4.69, 9.17) is 16.0 Å². The number of nitrogens with one attached hydrogen (secondary N) is 3. The number of H-pyrrole nitrogens is 1. The summed E-state index contributed by atoms with van der Waals surface area (Å²) in [7, 11) is 0. The van der Waals surface area contributed by atoms with Crippen molar-refractivity contribution in [2.24, 2.45) is 4.99 Å². The minimum absolute atomic E-state index is 0.201. The highest BCUT2D eigenvalue weighted by Gasteiger charge is 2.11. The number of fused-ring (bicyclic) bond motifs is 2. The van der Waals surface area contributed by atoms with Crippen molar-refractivity contribution in [2.75, 3.05) is 5.32 Å². The molecule has 0 spiro atoms. The number of anilines is 1. The molecule has 0 unspecified atom stereocenters. The standard InChI is InChI=1S/C25H17ClN4O3/c26-18-7-3-6-17(12-18)23(31)30-24(27-19-9-8-15-4-1-2-5-16(15)13-19)28-20-10-11-21-22(14-20)33-25(32)29-21/h1-14H,(H,29,32)(H2,27,28,30,31). The van der Waals surface area contributed by atoms with Gasteiger partial charge in [-0.3, -0.25) is 15.1 Å². The molecule has 0 fully saturated rings. The molecule has 1 aromatic heterocycles. The van der Waals surface area contributed by atoms with Crippen LogP contribution in [0, 0.1) is 0 Å². The molecular formula is C25H17ClN4O3. The first-order valence-corrected chi connectivity index (χ1v) is 10.5. The van der Waals surface area contributed by atoms with Crippen molar-refractivity contribution in [1.29, 1.82) is 0 Å². The Labute approximate surface area is 192 Å². The number of oxazole rings is 1. The van der Waals surface area contributed by atoms with Crippen LogP contribution in [-0.4, -0.2) is 16.9 Å². The Morgan fingerprint density at radius 1 is 0.909 bits per heavy atom. The Kier molecular flexibility index (Phi) is 5.38. The molecule has 1 heterocycles. The molecule has 0 atom stereocenters. The fraction of sp³-hybridized carbons (Fsp3) is 0. The first-order chi connectivity index (χ1) is 16.0. The van der Waals surface area contributed by atoms with E-state index in [0.717, 1.165) is 16.5 Å². The van der Waals surface area contributed by atoms with E-state index in [1.807, 2.05) is 42.5 Å². The van der Waals surface area contributed by atoms with Crippen molar-refractivity contribution >= 4 is 56.7 Å². The summed E-state index contributed by atoms with van der Waals surface area (Å²) in [6.45, 7) is 0. The van der Waals surface area contributed by atoms with Crippen LogP contribution in [0.1, 0.15) is 10.4 Å². The molecule has 0 saturated heterocycles. The number of hydrogen-bond acceptors (Lipinski definition) is 4. The zero-order chi connectivity index (χ0) is 22.8. The van der Waals surface area contributed by atoms with Crippen LogP contribution in [0.3, 0.4) is 0 Å². The van der Waals surface area contributed by atoms with Crippen LogP contribution in [0.5, 0.6) is 0 Å². The lowest BCUT2D eigenvalue weighted by Crippen LogP contribution is -2.35. The van der Waals surface area contributed by atoms with Gasteiger partial charge in [0.15, 0.2) is 5.58 Å². The predicted octanol–water partition coefficient (Wildman–Crippen LogP) is 5.46. The second kappa shape index (κ2) is 8.64. The molecule has 8 heteroatoms. The van der Waals surface area contributed by atoms with Crippen molar-refractivity contribution in [3.8, 4) is 0 Å². The van der Waals surface area contributed by atoms with Gasteiger partial charge in [0.05, 0.1) is 11.2 Å². The third-order valence-electron chi connectivity index (χ3n) is 4.98. The lowest BCUT2D eigenvalue weighted by molar-refractivity contribution is 0.0977. The molecule has 0 radical (unpaired) electrons. The van der Waals surface area contributed by atoms with Crippen LogP contribution in [0.25, 0.3) is 21.9 Å². The lowest BCUT2D eigenvalue weighted by atomic mass is 10.1. The molecule has 0 saturated carbocycles. The third-order valence-corrected chi connectivity index (χ3v) is 5.21. The second-order valence-electron chi connectivity index (χ2n) is 7.31. The van der Waals surface area contributed by atoms with Crippen LogP contribution in [0.15, 0.2) is 99.1 Å². The summed E-state index contributed by atoms with van der Waals surface area (Å²) in [6.07, 6.45) is 0. The van der Waals surface area contributed by atoms with Crippen LogP contribution < -0.4 is 16.4 Å². The van der Waals surface area contributed by atoms with Crippen LogP contribution in [0.4, 0.5) is 11.4 Å². The number of rotatable bonds is 3. The molecule has 0 aliphatic carbocycles. The smallest absolute Gasteiger partial charge is 0.408 e. The summed E-state index contributed by atoms with van der Waals surface area (Å²) in [5.74, 6) is -0.721. The largest absolute Gasteiger partial charge is 0.417 e. The van der Waals surface area contributed by atoms with Gasteiger partial charge >= 0.3 is 5.76 Å². The van der Waals surface area contributed by atoms with Crippen LogP contribution in [-0.2, 0) is 0 Å². The fourth-order valence-corrected chi connectivity index (χ4v) is 3.62. The van der Waals surface area contributed by atoms with Gasteiger partial charge in [0.2, 0.25) is 5.96 Å². The molecule has 5 aromatic rings. The highest BCUT2D eigenvalue weighted by Crippen LogP contribution is 2.21. The van der Waals surface area contributed by atoms with E-state index >= 15 is 0 Å². The maximum Gasteiger partial charge on any atom is 0.417 e. The second-order valence-corrected chi connectivity index (χ2v) is 7.74. The van der Waals surface area contributed by atoms with Crippen molar-refractivity contribution in [1.82, 2.24) is 10.3 Å². The van der Waals surface area contributed by atoms with Gasteiger partial charge in [0.1, 0.15) is 0 Å². The Hall–Kier alpha value is -4.36. The first-order valence-electron chi connectivity index (χ1n) is 10.1. The number of aromatic nitrogens is 1. The molecule has 3 N–H and O–H groups in total. The quantitative estimate of drug-likeness (QED) is 0.248. The highest BCUT2D eigenvalue weighted by atomic mass is 35.5. The highest BCUT2D eigenvalue weighted by molar-refractivity contribution is 6.31. The normalized spacial score (nSPS) is 11.6. The average molecular weight is 457 g/mol. The van der Waals surface area contributed by atoms with Gasteiger partial charge in [-0.2, -0.15) is 0 Å². The number of halogens is 1. The summed E-state index contributed by atoms with van der Waals surface area (Å²) in [5, 5.41) is 8.56. The number of aliphatic imine (C=N–C) groups is 1. The average Bonchev–Trinajstić information content (AvgIpc) is 3.18. The first kappa shape index (κ1) is 20.5. The number of benzene rings is 4. The maximum absolute atomic E-state index is 12.9. The van der Waals surface area contributed by atoms with Gasteiger partial charge in [0.25, 0.3) is 5.91 Å². The van der Waals surface area contributed by atoms with Crippen LogP contribution in [0.2, 0.25) is 5.02 Å². The molecular weight excluding hydrogens is 440 g/mol. The Balaban J connectivity index is 1.51. The number of guanidine groups is 1. The molecule has 0 aliphatic rings. The molecule has 0 aliphatic heterocycles. The van der Waals surface area contributed by atoms with Crippen molar-refractivity contribution in [3.63, 3.8) is 0 Å². The maximum atomic E-state index is 12.9. The number of nitrogens with zero attached hydrogens (tertiary/aromatic N) is 1. The van der Waals surface area contributed by atoms with Crippen molar-refractivity contribution < 1.29 is 9.21 Å². The van der Waals surface area contributed by atoms with Crippen molar-refractivity contribution in [3.05, 3.63) is 106 Å². The number of hydrogen-bond donors (Lipinski definition) is 3.